The van der Waals surface area contributed by atoms with Gasteiger partial charge in [-0.25, -0.2) is 4.68 Å². The Morgan fingerprint density at radius 2 is 2.13 bits per heavy atom. The molecule has 5 heteroatoms. The highest BCUT2D eigenvalue weighted by Gasteiger charge is 2.08. The molecule has 1 aromatic carbocycles. The van der Waals surface area contributed by atoms with Gasteiger partial charge in [-0.05, 0) is 12.1 Å². The van der Waals surface area contributed by atoms with Crippen LogP contribution in [0.15, 0.2) is 30.5 Å². The zero-order valence-electron chi connectivity index (χ0n) is 8.01. The predicted molar refractivity (Wildman–Crippen MR) is 56.4 cm³/mol. The summed E-state index contributed by atoms with van der Waals surface area (Å²) in [5, 5.41) is 8.14. The minimum atomic E-state index is -0.117. The molecule has 0 N–H and O–H groups in total. The van der Waals surface area contributed by atoms with Gasteiger partial charge in [0.1, 0.15) is 5.69 Å². The van der Waals surface area contributed by atoms with Crippen molar-refractivity contribution in [1.29, 1.82) is 0 Å². The van der Waals surface area contributed by atoms with E-state index in [4.69, 9.17) is 11.6 Å². The van der Waals surface area contributed by atoms with Crippen LogP contribution < -0.4 is 0 Å². The smallest absolute Gasteiger partial charge is 0.181 e. The lowest BCUT2D eigenvalue weighted by Crippen LogP contribution is -1.95. The molecule has 2 rings (SSSR count). The van der Waals surface area contributed by atoms with E-state index in [9.17, 15) is 4.79 Å². The van der Waals surface area contributed by atoms with Crippen molar-refractivity contribution in [3.8, 4) is 5.69 Å². The second kappa shape index (κ2) is 3.82. The molecule has 0 unspecified atom stereocenters. The van der Waals surface area contributed by atoms with Crippen LogP contribution in [0.2, 0.25) is 5.02 Å². The van der Waals surface area contributed by atoms with Crippen LogP contribution in [0.25, 0.3) is 5.69 Å². The number of rotatable bonds is 2. The number of aromatic nitrogens is 3. The minimum Gasteiger partial charge on any atom is -0.293 e. The van der Waals surface area contributed by atoms with Gasteiger partial charge < -0.3 is 0 Å². The molecule has 4 nitrogen and oxygen atoms in total. The number of para-hydroxylation sites is 1. The van der Waals surface area contributed by atoms with Crippen LogP contribution in [0.5, 0.6) is 0 Å². The Bertz CT molecular complexity index is 507. The normalized spacial score (nSPS) is 10.3. The SMILES string of the molecule is CC(=O)c1cn(-c2ccccc2Cl)nn1. The fourth-order valence-electron chi connectivity index (χ4n) is 1.18. The van der Waals surface area contributed by atoms with E-state index in [1.54, 1.807) is 18.3 Å². The van der Waals surface area contributed by atoms with Gasteiger partial charge in [0.15, 0.2) is 5.78 Å². The van der Waals surface area contributed by atoms with Crippen molar-refractivity contribution >= 4 is 17.4 Å². The lowest BCUT2D eigenvalue weighted by molar-refractivity contribution is 0.101. The first kappa shape index (κ1) is 9.86. The summed E-state index contributed by atoms with van der Waals surface area (Å²) in [6, 6.07) is 7.23. The Morgan fingerprint density at radius 3 is 2.73 bits per heavy atom. The van der Waals surface area contributed by atoms with Crippen LogP contribution in [0, 0.1) is 0 Å². The second-order valence-electron chi connectivity index (χ2n) is 3.06. The molecule has 0 saturated carbocycles. The summed E-state index contributed by atoms with van der Waals surface area (Å²) in [6.45, 7) is 1.45. The zero-order valence-corrected chi connectivity index (χ0v) is 8.77. The van der Waals surface area contributed by atoms with Gasteiger partial charge in [-0.2, -0.15) is 0 Å². The zero-order chi connectivity index (χ0) is 10.8. The molecule has 0 atom stereocenters. The number of nitrogens with zero attached hydrogens (tertiary/aromatic N) is 3. The van der Waals surface area contributed by atoms with Crippen molar-refractivity contribution < 1.29 is 4.79 Å². The number of hydrogen-bond donors (Lipinski definition) is 0. The Morgan fingerprint density at radius 1 is 1.40 bits per heavy atom. The van der Waals surface area contributed by atoms with Crippen LogP contribution in [0.1, 0.15) is 17.4 Å². The summed E-state index contributed by atoms with van der Waals surface area (Å²) in [5.74, 6) is -0.117. The molecule has 0 spiro atoms. The molecule has 15 heavy (non-hydrogen) atoms. The maximum absolute atomic E-state index is 11.0. The molecular formula is C10H8ClN3O. The summed E-state index contributed by atoms with van der Waals surface area (Å²) in [6.07, 6.45) is 1.56. The number of Topliss-reactive ketones (excluding diaryl/α,β-unsaturated/α-hetero) is 1. The fraction of sp³-hybridized carbons (Fsp3) is 0.100. The van der Waals surface area contributed by atoms with Crippen LogP contribution in [0.3, 0.4) is 0 Å². The maximum Gasteiger partial charge on any atom is 0.181 e. The third-order valence-electron chi connectivity index (χ3n) is 1.95. The molecule has 0 aliphatic carbocycles. The monoisotopic (exact) mass is 221 g/mol. The summed E-state index contributed by atoms with van der Waals surface area (Å²) in [7, 11) is 0. The minimum absolute atomic E-state index is 0.117. The Balaban J connectivity index is 2.46. The third kappa shape index (κ3) is 1.89. The summed E-state index contributed by atoms with van der Waals surface area (Å²) < 4.78 is 1.49. The van der Waals surface area contributed by atoms with Gasteiger partial charge in [-0.15, -0.1) is 5.10 Å². The first-order valence-electron chi connectivity index (χ1n) is 4.36. The number of hydrogen-bond acceptors (Lipinski definition) is 3. The van der Waals surface area contributed by atoms with Gasteiger partial charge in [0.05, 0.1) is 16.9 Å². The largest absolute Gasteiger partial charge is 0.293 e. The van der Waals surface area contributed by atoms with Gasteiger partial charge in [0, 0.05) is 6.92 Å². The van der Waals surface area contributed by atoms with Gasteiger partial charge in [0.2, 0.25) is 0 Å². The molecule has 76 valence electrons. The van der Waals surface area contributed by atoms with E-state index >= 15 is 0 Å². The van der Waals surface area contributed by atoms with E-state index in [2.05, 4.69) is 10.3 Å². The Hall–Kier alpha value is -1.68. The number of ketones is 1. The number of halogens is 1. The highest BCUT2D eigenvalue weighted by molar-refractivity contribution is 6.32. The van der Waals surface area contributed by atoms with Crippen molar-refractivity contribution in [2.45, 2.75) is 6.92 Å². The maximum atomic E-state index is 11.0. The summed E-state index contributed by atoms with van der Waals surface area (Å²) >= 11 is 5.97. The van der Waals surface area contributed by atoms with Crippen molar-refractivity contribution in [2.75, 3.05) is 0 Å². The number of carbonyl (C=O) groups is 1. The average molecular weight is 222 g/mol. The highest BCUT2D eigenvalue weighted by atomic mass is 35.5. The average Bonchev–Trinajstić information content (AvgIpc) is 2.67. The molecule has 0 amide bonds. The molecule has 1 heterocycles. The Labute approximate surface area is 91.5 Å². The molecule has 0 radical (unpaired) electrons. The molecule has 0 saturated heterocycles. The molecule has 0 aliphatic heterocycles. The van der Waals surface area contributed by atoms with E-state index in [0.717, 1.165) is 0 Å². The van der Waals surface area contributed by atoms with Crippen LogP contribution >= 0.6 is 11.6 Å². The first-order valence-corrected chi connectivity index (χ1v) is 4.74. The van der Waals surface area contributed by atoms with Crippen molar-refractivity contribution in [3.05, 3.63) is 41.2 Å². The molecule has 0 aliphatic rings. The van der Waals surface area contributed by atoms with E-state index in [0.29, 0.717) is 16.4 Å². The van der Waals surface area contributed by atoms with Gasteiger partial charge >= 0.3 is 0 Å². The molecule has 0 bridgehead atoms. The van der Waals surface area contributed by atoms with Gasteiger partial charge in [-0.1, -0.05) is 28.9 Å². The quantitative estimate of drug-likeness (QED) is 0.730. The van der Waals surface area contributed by atoms with Crippen molar-refractivity contribution in [2.24, 2.45) is 0 Å². The molecular weight excluding hydrogens is 214 g/mol. The van der Waals surface area contributed by atoms with Crippen molar-refractivity contribution in [3.63, 3.8) is 0 Å². The van der Waals surface area contributed by atoms with Crippen molar-refractivity contribution in [1.82, 2.24) is 15.0 Å². The number of carbonyl (C=O) groups excluding carboxylic acids is 1. The van der Waals surface area contributed by atoms with E-state index in [-0.39, 0.29) is 5.78 Å². The van der Waals surface area contributed by atoms with Crippen LogP contribution in [-0.2, 0) is 0 Å². The van der Waals surface area contributed by atoms with E-state index < -0.39 is 0 Å². The lowest BCUT2D eigenvalue weighted by Gasteiger charge is -2.00. The topological polar surface area (TPSA) is 47.8 Å². The predicted octanol–water partition coefficient (Wildman–Crippen LogP) is 2.12. The third-order valence-corrected chi connectivity index (χ3v) is 2.27. The first-order chi connectivity index (χ1) is 7.18. The van der Waals surface area contributed by atoms with Crippen LogP contribution in [-0.4, -0.2) is 20.8 Å². The molecule has 0 fully saturated rings. The van der Waals surface area contributed by atoms with Gasteiger partial charge in [0.25, 0.3) is 0 Å². The summed E-state index contributed by atoms with van der Waals surface area (Å²) in [5.41, 5.74) is 1.04. The van der Waals surface area contributed by atoms with E-state index in [1.807, 2.05) is 12.1 Å². The highest BCUT2D eigenvalue weighted by Crippen LogP contribution is 2.18. The van der Waals surface area contributed by atoms with Gasteiger partial charge in [-0.3, -0.25) is 4.79 Å². The second-order valence-corrected chi connectivity index (χ2v) is 3.46. The summed E-state index contributed by atoms with van der Waals surface area (Å²) in [4.78, 5) is 11.0. The van der Waals surface area contributed by atoms with E-state index in [1.165, 1.54) is 11.6 Å². The lowest BCUT2D eigenvalue weighted by atomic mass is 10.3. The standard InChI is InChI=1S/C10H8ClN3O/c1-7(15)9-6-14(13-12-9)10-5-3-2-4-8(10)11/h2-6H,1H3. The van der Waals surface area contributed by atoms with Crippen LogP contribution in [0.4, 0.5) is 0 Å². The Kier molecular flexibility index (Phi) is 2.51. The molecule has 1 aromatic heterocycles. The molecule has 2 aromatic rings. The number of benzene rings is 1. The fourth-order valence-corrected chi connectivity index (χ4v) is 1.40.